The van der Waals surface area contributed by atoms with Gasteiger partial charge in [-0.3, -0.25) is 0 Å². The van der Waals surface area contributed by atoms with Crippen LogP contribution in [0.1, 0.15) is 55.4 Å². The van der Waals surface area contributed by atoms with Crippen LogP contribution >= 0.6 is 0 Å². The first-order valence-corrected chi connectivity index (χ1v) is 9.60. The Balaban J connectivity index is 5.91. The average molecular weight is 285 g/mol. The second kappa shape index (κ2) is 8.04. The predicted molar refractivity (Wildman–Crippen MR) is 93.8 cm³/mol. The standard InChI is InChI=1S/C19H28Si/c1-10-11-12-19(15(2)3)13-14-20(16(4)5,17(6)7)18(8)9/h1,16-18H,2-9H3. The van der Waals surface area contributed by atoms with Crippen LogP contribution in [0.5, 0.6) is 0 Å². The fraction of sp³-hybridized carbons (Fsp3) is 0.579. The number of allylic oxidation sites excluding steroid dienone is 2. The summed E-state index contributed by atoms with van der Waals surface area (Å²) in [5.74, 6) is 11.4. The van der Waals surface area contributed by atoms with Gasteiger partial charge in [-0.1, -0.05) is 53.0 Å². The molecule has 0 N–H and O–H groups in total. The van der Waals surface area contributed by atoms with E-state index in [-0.39, 0.29) is 0 Å². The van der Waals surface area contributed by atoms with Crippen molar-refractivity contribution < 1.29 is 0 Å². The minimum absolute atomic E-state index is 0.633. The summed E-state index contributed by atoms with van der Waals surface area (Å²) in [5.41, 5.74) is 7.61. The lowest BCUT2D eigenvalue weighted by Gasteiger charge is -2.38. The topological polar surface area (TPSA) is 0 Å². The molecule has 0 atom stereocenters. The minimum atomic E-state index is -1.69. The highest BCUT2D eigenvalue weighted by Crippen LogP contribution is 2.40. The summed E-state index contributed by atoms with van der Waals surface area (Å²) >= 11 is 0. The van der Waals surface area contributed by atoms with Gasteiger partial charge >= 0.3 is 0 Å². The van der Waals surface area contributed by atoms with Gasteiger partial charge in [0, 0.05) is 0 Å². The maximum absolute atomic E-state index is 5.22. The summed E-state index contributed by atoms with van der Waals surface area (Å²) in [6.07, 6.45) is 5.22. The van der Waals surface area contributed by atoms with Gasteiger partial charge < -0.3 is 0 Å². The highest BCUT2D eigenvalue weighted by Gasteiger charge is 2.41. The third-order valence-corrected chi connectivity index (χ3v) is 10.3. The molecular formula is C19H28Si. The molecule has 0 bridgehead atoms. The normalized spacial score (nSPS) is 10.5. The van der Waals surface area contributed by atoms with Crippen LogP contribution in [0.3, 0.4) is 0 Å². The van der Waals surface area contributed by atoms with Gasteiger partial charge in [0.1, 0.15) is 8.07 Å². The molecule has 1 heteroatoms. The van der Waals surface area contributed by atoms with Gasteiger partial charge in [0.2, 0.25) is 0 Å². The van der Waals surface area contributed by atoms with Gasteiger partial charge in [0.05, 0.1) is 5.57 Å². The van der Waals surface area contributed by atoms with Crippen molar-refractivity contribution in [3.63, 3.8) is 0 Å². The summed E-state index contributed by atoms with van der Waals surface area (Å²) < 4.78 is 0. The third-order valence-electron chi connectivity index (χ3n) is 4.03. The molecule has 0 aliphatic heterocycles. The van der Waals surface area contributed by atoms with E-state index in [1.54, 1.807) is 0 Å². The summed E-state index contributed by atoms with van der Waals surface area (Å²) in [4.78, 5) is 0. The van der Waals surface area contributed by atoms with Crippen LogP contribution in [0.25, 0.3) is 0 Å². The third kappa shape index (κ3) is 4.33. The van der Waals surface area contributed by atoms with Crippen molar-refractivity contribution in [2.45, 2.75) is 72.0 Å². The Morgan fingerprint density at radius 3 is 1.60 bits per heavy atom. The van der Waals surface area contributed by atoms with Gasteiger partial charge in [-0.2, -0.15) is 0 Å². The highest BCUT2D eigenvalue weighted by atomic mass is 28.3. The number of hydrogen-bond donors (Lipinski definition) is 0. The molecule has 108 valence electrons. The van der Waals surface area contributed by atoms with Crippen LogP contribution in [0.2, 0.25) is 16.6 Å². The molecule has 0 radical (unpaired) electrons. The molecule has 0 aliphatic carbocycles. The molecule has 0 spiro atoms. The van der Waals surface area contributed by atoms with E-state index >= 15 is 0 Å². The zero-order chi connectivity index (χ0) is 15.9. The molecule has 0 saturated carbocycles. The van der Waals surface area contributed by atoms with Crippen molar-refractivity contribution >= 4 is 8.07 Å². The maximum atomic E-state index is 5.22. The van der Waals surface area contributed by atoms with Crippen molar-refractivity contribution in [3.05, 3.63) is 11.1 Å². The van der Waals surface area contributed by atoms with Crippen LogP contribution in [-0.4, -0.2) is 8.07 Å². The Morgan fingerprint density at radius 2 is 1.30 bits per heavy atom. The molecule has 0 aliphatic rings. The van der Waals surface area contributed by atoms with Gasteiger partial charge in [-0.25, -0.2) is 0 Å². The van der Waals surface area contributed by atoms with Gasteiger partial charge in [-0.15, -0.1) is 12.0 Å². The molecule has 0 unspecified atom stereocenters. The summed E-state index contributed by atoms with van der Waals surface area (Å²) in [6.45, 7) is 18.0. The Morgan fingerprint density at radius 1 is 0.850 bits per heavy atom. The van der Waals surface area contributed by atoms with Crippen LogP contribution < -0.4 is 0 Å². The van der Waals surface area contributed by atoms with Crippen LogP contribution in [0, 0.1) is 35.6 Å². The van der Waals surface area contributed by atoms with Crippen LogP contribution in [0.4, 0.5) is 0 Å². The van der Waals surface area contributed by atoms with Crippen molar-refractivity contribution in [1.29, 1.82) is 0 Å². The molecule has 0 rings (SSSR count). The van der Waals surface area contributed by atoms with Gasteiger partial charge in [0.15, 0.2) is 0 Å². The maximum Gasteiger partial charge on any atom is 0.146 e. The fourth-order valence-corrected chi connectivity index (χ4v) is 8.19. The van der Waals surface area contributed by atoms with Crippen molar-refractivity contribution in [2.75, 3.05) is 0 Å². The molecule has 0 aromatic rings. The summed E-state index contributed by atoms with van der Waals surface area (Å²) in [7, 11) is -1.69. The van der Waals surface area contributed by atoms with E-state index in [1.165, 1.54) is 0 Å². The van der Waals surface area contributed by atoms with E-state index in [9.17, 15) is 0 Å². The van der Waals surface area contributed by atoms with Crippen molar-refractivity contribution in [2.24, 2.45) is 0 Å². The lowest BCUT2D eigenvalue weighted by atomic mass is 10.2. The Hall–Kier alpha value is -1.36. The Bertz CT molecular complexity index is 490. The lowest BCUT2D eigenvalue weighted by Crippen LogP contribution is -2.43. The molecule has 0 nitrogen and oxygen atoms in total. The van der Waals surface area contributed by atoms with E-state index in [4.69, 9.17) is 6.42 Å². The second-order valence-corrected chi connectivity index (χ2v) is 12.0. The molecule has 0 fully saturated rings. The van der Waals surface area contributed by atoms with E-state index in [0.29, 0.717) is 16.6 Å². The lowest BCUT2D eigenvalue weighted by molar-refractivity contribution is 0.838. The SMILES string of the molecule is C#CC#CC(C#C[Si](C(C)C)(C(C)C)C(C)C)=C(C)C. The van der Waals surface area contributed by atoms with Crippen molar-refractivity contribution in [1.82, 2.24) is 0 Å². The smallest absolute Gasteiger partial charge is 0.124 e. The minimum Gasteiger partial charge on any atom is -0.124 e. The molecule has 0 saturated heterocycles. The molecule has 0 aromatic heterocycles. The first-order chi connectivity index (χ1) is 9.20. The summed E-state index contributed by atoms with van der Waals surface area (Å²) in [6, 6.07) is 0. The zero-order valence-corrected chi connectivity index (χ0v) is 15.3. The zero-order valence-electron chi connectivity index (χ0n) is 14.3. The molecule has 0 heterocycles. The number of terminal acetylenes is 1. The number of hydrogen-bond acceptors (Lipinski definition) is 0. The monoisotopic (exact) mass is 284 g/mol. The average Bonchev–Trinajstić information content (AvgIpc) is 2.31. The van der Waals surface area contributed by atoms with E-state index < -0.39 is 8.07 Å². The first-order valence-electron chi connectivity index (χ1n) is 7.37. The molecule has 0 amide bonds. The molecule has 0 aromatic carbocycles. The Kier molecular flexibility index (Phi) is 7.49. The van der Waals surface area contributed by atoms with Crippen molar-refractivity contribution in [3.8, 4) is 35.6 Å². The summed E-state index contributed by atoms with van der Waals surface area (Å²) in [5, 5.41) is 0. The largest absolute Gasteiger partial charge is 0.146 e. The molecular weight excluding hydrogens is 256 g/mol. The van der Waals surface area contributed by atoms with Crippen LogP contribution in [0.15, 0.2) is 11.1 Å². The molecule has 20 heavy (non-hydrogen) atoms. The Labute approximate surface area is 127 Å². The van der Waals surface area contributed by atoms with E-state index in [0.717, 1.165) is 11.1 Å². The first kappa shape index (κ1) is 18.6. The van der Waals surface area contributed by atoms with Crippen LogP contribution in [-0.2, 0) is 0 Å². The highest BCUT2D eigenvalue weighted by molar-refractivity contribution is 6.90. The van der Waals surface area contributed by atoms with E-state index in [2.05, 4.69) is 70.8 Å². The van der Waals surface area contributed by atoms with Gasteiger partial charge in [-0.05, 0) is 48.2 Å². The van der Waals surface area contributed by atoms with E-state index in [1.807, 2.05) is 13.8 Å². The second-order valence-electron chi connectivity index (χ2n) is 6.42. The number of rotatable bonds is 3. The van der Waals surface area contributed by atoms with Gasteiger partial charge in [0.25, 0.3) is 0 Å². The predicted octanol–water partition coefficient (Wildman–Crippen LogP) is 5.18. The fourth-order valence-electron chi connectivity index (χ4n) is 2.98. The quantitative estimate of drug-likeness (QED) is 0.495.